The molecule has 1 saturated carbocycles. The van der Waals surface area contributed by atoms with Gasteiger partial charge in [-0.2, -0.15) is 0 Å². The van der Waals surface area contributed by atoms with Gasteiger partial charge in [-0.25, -0.2) is 9.18 Å². The van der Waals surface area contributed by atoms with Crippen LogP contribution in [0.25, 0.3) is 0 Å². The number of esters is 1. The van der Waals surface area contributed by atoms with E-state index in [9.17, 15) is 14.0 Å². The normalized spacial score (nSPS) is 20.0. The van der Waals surface area contributed by atoms with Gasteiger partial charge in [0.25, 0.3) is 5.91 Å². The van der Waals surface area contributed by atoms with Gasteiger partial charge in [0.1, 0.15) is 5.82 Å². The quantitative estimate of drug-likeness (QED) is 0.768. The van der Waals surface area contributed by atoms with Crippen LogP contribution in [-0.4, -0.2) is 61.8 Å². The van der Waals surface area contributed by atoms with Gasteiger partial charge >= 0.3 is 5.97 Å². The monoisotopic (exact) mass is 378 g/mol. The standard InChI is InChI=1S/C20H27FN2O4/c21-17-7-3-2-6-16(17)19(25)27-14-18(24)22-15-20(8-4-1-5-9-20)23-10-12-26-13-11-23/h2-3,6-7H,1,4-5,8-15H2,(H,22,24). The van der Waals surface area contributed by atoms with Gasteiger partial charge in [0.2, 0.25) is 0 Å². The second-order valence-corrected chi connectivity index (χ2v) is 7.22. The Morgan fingerprint density at radius 3 is 2.56 bits per heavy atom. The van der Waals surface area contributed by atoms with Crippen molar-refractivity contribution < 1.29 is 23.5 Å². The molecule has 0 aromatic heterocycles. The molecule has 1 aliphatic carbocycles. The maximum Gasteiger partial charge on any atom is 0.341 e. The molecular weight excluding hydrogens is 351 g/mol. The topological polar surface area (TPSA) is 67.9 Å². The molecule has 2 aliphatic rings. The molecule has 1 heterocycles. The van der Waals surface area contributed by atoms with Crippen molar-refractivity contribution >= 4 is 11.9 Å². The van der Waals surface area contributed by atoms with Crippen molar-refractivity contribution in [2.24, 2.45) is 0 Å². The van der Waals surface area contributed by atoms with E-state index in [4.69, 9.17) is 9.47 Å². The maximum atomic E-state index is 13.6. The molecule has 1 N–H and O–H groups in total. The van der Waals surface area contributed by atoms with Crippen LogP contribution in [0.3, 0.4) is 0 Å². The summed E-state index contributed by atoms with van der Waals surface area (Å²) in [4.78, 5) is 26.6. The second-order valence-electron chi connectivity index (χ2n) is 7.22. The minimum absolute atomic E-state index is 0.0484. The third-order valence-corrected chi connectivity index (χ3v) is 5.51. The van der Waals surface area contributed by atoms with E-state index in [0.29, 0.717) is 6.54 Å². The minimum atomic E-state index is -0.830. The largest absolute Gasteiger partial charge is 0.452 e. The zero-order chi connectivity index (χ0) is 19.1. The van der Waals surface area contributed by atoms with Gasteiger partial charge < -0.3 is 14.8 Å². The third kappa shape index (κ3) is 5.05. The molecule has 1 aromatic rings. The van der Waals surface area contributed by atoms with Crippen LogP contribution >= 0.6 is 0 Å². The lowest BCUT2D eigenvalue weighted by molar-refractivity contribution is -0.125. The first-order valence-corrected chi connectivity index (χ1v) is 9.62. The molecule has 1 aliphatic heterocycles. The van der Waals surface area contributed by atoms with Crippen molar-refractivity contribution in [1.29, 1.82) is 0 Å². The summed E-state index contributed by atoms with van der Waals surface area (Å²) in [5, 5.41) is 2.92. The van der Waals surface area contributed by atoms with E-state index < -0.39 is 18.4 Å². The highest BCUT2D eigenvalue weighted by Crippen LogP contribution is 2.33. The van der Waals surface area contributed by atoms with Crippen LogP contribution in [0.1, 0.15) is 42.5 Å². The fourth-order valence-corrected chi connectivity index (χ4v) is 4.00. The molecule has 0 unspecified atom stereocenters. The van der Waals surface area contributed by atoms with Crippen LogP contribution in [0.5, 0.6) is 0 Å². The second kappa shape index (κ2) is 9.28. The van der Waals surface area contributed by atoms with Crippen molar-refractivity contribution in [3.8, 4) is 0 Å². The number of halogens is 1. The first-order chi connectivity index (χ1) is 13.1. The van der Waals surface area contributed by atoms with Crippen LogP contribution in [-0.2, 0) is 14.3 Å². The molecule has 0 atom stereocenters. The van der Waals surface area contributed by atoms with E-state index in [1.54, 1.807) is 6.07 Å². The summed E-state index contributed by atoms with van der Waals surface area (Å²) in [6.45, 7) is 3.30. The van der Waals surface area contributed by atoms with Gasteiger partial charge in [0, 0.05) is 25.2 Å². The minimum Gasteiger partial charge on any atom is -0.452 e. The van der Waals surface area contributed by atoms with E-state index >= 15 is 0 Å². The summed E-state index contributed by atoms with van der Waals surface area (Å²) >= 11 is 0. The third-order valence-electron chi connectivity index (χ3n) is 5.51. The Kier molecular flexibility index (Phi) is 6.79. The lowest BCUT2D eigenvalue weighted by Gasteiger charge is -2.48. The number of ether oxygens (including phenoxy) is 2. The average molecular weight is 378 g/mol. The fourth-order valence-electron chi connectivity index (χ4n) is 4.00. The van der Waals surface area contributed by atoms with E-state index in [-0.39, 0.29) is 17.0 Å². The van der Waals surface area contributed by atoms with Gasteiger partial charge in [-0.3, -0.25) is 9.69 Å². The van der Waals surface area contributed by atoms with Gasteiger partial charge in [-0.05, 0) is 25.0 Å². The lowest BCUT2D eigenvalue weighted by Crippen LogP contribution is -2.59. The Morgan fingerprint density at radius 2 is 1.85 bits per heavy atom. The Hall–Kier alpha value is -1.99. The van der Waals surface area contributed by atoms with Gasteiger partial charge in [-0.15, -0.1) is 0 Å². The SMILES string of the molecule is O=C(COC(=O)c1ccccc1F)NCC1(N2CCOCC2)CCCCC1. The molecule has 0 radical (unpaired) electrons. The van der Waals surface area contributed by atoms with Gasteiger partial charge in [0.15, 0.2) is 6.61 Å². The zero-order valence-electron chi connectivity index (χ0n) is 15.5. The van der Waals surface area contributed by atoms with Crippen LogP contribution in [0.15, 0.2) is 24.3 Å². The summed E-state index contributed by atoms with van der Waals surface area (Å²) in [6.07, 6.45) is 5.61. The molecule has 2 fully saturated rings. The van der Waals surface area contributed by atoms with Crippen molar-refractivity contribution in [2.45, 2.75) is 37.6 Å². The van der Waals surface area contributed by atoms with E-state index in [1.807, 2.05) is 0 Å². The molecule has 7 heteroatoms. The highest BCUT2D eigenvalue weighted by atomic mass is 19.1. The number of amides is 1. The molecule has 1 saturated heterocycles. The molecule has 3 rings (SSSR count). The van der Waals surface area contributed by atoms with Crippen LogP contribution < -0.4 is 5.32 Å². The van der Waals surface area contributed by atoms with Crippen molar-refractivity contribution in [2.75, 3.05) is 39.5 Å². The number of nitrogens with one attached hydrogen (secondary N) is 1. The Balaban J connectivity index is 1.52. The summed E-state index contributed by atoms with van der Waals surface area (Å²) in [5.41, 5.74) is -0.213. The van der Waals surface area contributed by atoms with Crippen molar-refractivity contribution in [3.63, 3.8) is 0 Å². The predicted octanol–water partition coefficient (Wildman–Crippen LogP) is 2.13. The van der Waals surface area contributed by atoms with Gasteiger partial charge in [-0.1, -0.05) is 31.4 Å². The summed E-state index contributed by atoms with van der Waals surface area (Å²) in [6, 6.07) is 5.57. The summed E-state index contributed by atoms with van der Waals surface area (Å²) in [7, 11) is 0. The summed E-state index contributed by atoms with van der Waals surface area (Å²) in [5.74, 6) is -1.85. The number of hydrogen-bond acceptors (Lipinski definition) is 5. The molecule has 0 spiro atoms. The van der Waals surface area contributed by atoms with Crippen LogP contribution in [0.4, 0.5) is 4.39 Å². The van der Waals surface area contributed by atoms with Gasteiger partial charge in [0.05, 0.1) is 18.8 Å². The Bertz CT molecular complexity index is 655. The van der Waals surface area contributed by atoms with Crippen molar-refractivity contribution in [3.05, 3.63) is 35.6 Å². The lowest BCUT2D eigenvalue weighted by atomic mass is 9.79. The number of morpholine rings is 1. The molecule has 1 aromatic carbocycles. The molecular formula is C20H27FN2O4. The average Bonchev–Trinajstić information content (AvgIpc) is 2.72. The van der Waals surface area contributed by atoms with E-state index in [2.05, 4.69) is 10.2 Å². The van der Waals surface area contributed by atoms with Crippen LogP contribution in [0, 0.1) is 5.82 Å². The molecule has 6 nitrogen and oxygen atoms in total. The Labute approximate surface area is 159 Å². The fraction of sp³-hybridized carbons (Fsp3) is 0.600. The van der Waals surface area contributed by atoms with E-state index in [1.165, 1.54) is 24.6 Å². The number of carbonyl (C=O) groups excluding carboxylic acids is 2. The van der Waals surface area contributed by atoms with E-state index in [0.717, 1.165) is 52.0 Å². The zero-order valence-corrected chi connectivity index (χ0v) is 15.5. The number of rotatable bonds is 6. The predicted molar refractivity (Wildman–Crippen MR) is 97.9 cm³/mol. The van der Waals surface area contributed by atoms with Crippen molar-refractivity contribution in [1.82, 2.24) is 10.2 Å². The highest BCUT2D eigenvalue weighted by Gasteiger charge is 2.38. The molecule has 1 amide bonds. The smallest absolute Gasteiger partial charge is 0.341 e. The number of carbonyl (C=O) groups is 2. The highest BCUT2D eigenvalue weighted by molar-refractivity contribution is 5.91. The Morgan fingerprint density at radius 1 is 1.15 bits per heavy atom. The molecule has 148 valence electrons. The first-order valence-electron chi connectivity index (χ1n) is 9.62. The maximum absolute atomic E-state index is 13.6. The summed E-state index contributed by atoms with van der Waals surface area (Å²) < 4.78 is 24.0. The molecule has 0 bridgehead atoms. The first kappa shape index (κ1) is 19.8. The van der Waals surface area contributed by atoms with Crippen LogP contribution in [0.2, 0.25) is 0 Å². The number of benzene rings is 1. The number of nitrogens with zero attached hydrogens (tertiary/aromatic N) is 1. The molecule has 27 heavy (non-hydrogen) atoms. The number of hydrogen-bond donors (Lipinski definition) is 1.